The lowest BCUT2D eigenvalue weighted by atomic mass is 9.89. The lowest BCUT2D eigenvalue weighted by Crippen LogP contribution is -2.38. The lowest BCUT2D eigenvalue weighted by Gasteiger charge is -2.33. The van der Waals surface area contributed by atoms with E-state index < -0.39 is 0 Å². The third-order valence-electron chi connectivity index (χ3n) is 6.62. The third kappa shape index (κ3) is 7.61. The molecule has 0 unspecified atom stereocenters. The van der Waals surface area contributed by atoms with Gasteiger partial charge in [-0.15, -0.1) is 12.4 Å². The number of oxime groups is 1. The summed E-state index contributed by atoms with van der Waals surface area (Å²) in [6.45, 7) is 5.53. The topological polar surface area (TPSA) is 56.1 Å². The van der Waals surface area contributed by atoms with Crippen molar-refractivity contribution in [3.8, 4) is 0 Å². The Kier molecular flexibility index (Phi) is 11.7. The molecule has 8 heteroatoms. The molecule has 0 aromatic heterocycles. The smallest absolute Gasteiger partial charge is 0.253 e. The summed E-state index contributed by atoms with van der Waals surface area (Å²) in [6.07, 6.45) is 3.72. The maximum absolute atomic E-state index is 12.9. The molecule has 2 aromatic rings. The number of carbonyl (C=O) groups excluding carboxylic acids is 1. The molecule has 0 bridgehead atoms. The van der Waals surface area contributed by atoms with Gasteiger partial charge >= 0.3 is 0 Å². The van der Waals surface area contributed by atoms with E-state index in [1.54, 1.807) is 4.90 Å². The molecule has 34 heavy (non-hydrogen) atoms. The van der Waals surface area contributed by atoms with Crippen LogP contribution in [0, 0.1) is 5.92 Å². The number of carbonyl (C=O) groups is 1. The van der Waals surface area contributed by atoms with Gasteiger partial charge in [0.05, 0.1) is 15.8 Å². The fourth-order valence-electron chi connectivity index (χ4n) is 4.61. The van der Waals surface area contributed by atoms with Crippen molar-refractivity contribution in [3.05, 3.63) is 69.7 Å². The minimum Gasteiger partial charge on any atom is -0.411 e. The van der Waals surface area contributed by atoms with Crippen molar-refractivity contribution >= 4 is 47.2 Å². The number of nitrogens with zero attached hydrogens (tertiary/aromatic N) is 3. The number of likely N-dealkylation sites (tertiary alicyclic amines) is 1. The van der Waals surface area contributed by atoms with E-state index in [0.717, 1.165) is 56.6 Å². The second-order valence-corrected chi connectivity index (χ2v) is 9.59. The predicted molar refractivity (Wildman–Crippen MR) is 143 cm³/mol. The molecule has 1 saturated heterocycles. The van der Waals surface area contributed by atoms with Gasteiger partial charge in [-0.1, -0.05) is 59.5 Å². The minimum atomic E-state index is 0. The molecule has 186 valence electrons. The quantitative estimate of drug-likeness (QED) is 0.227. The molecule has 5 nitrogen and oxygen atoms in total. The van der Waals surface area contributed by atoms with Crippen LogP contribution in [0.3, 0.4) is 0 Å². The number of piperidine rings is 1. The van der Waals surface area contributed by atoms with E-state index in [0.29, 0.717) is 28.1 Å². The lowest BCUT2D eigenvalue weighted by molar-refractivity contribution is 0.0781. The fourth-order valence-corrected chi connectivity index (χ4v) is 4.92. The summed E-state index contributed by atoms with van der Waals surface area (Å²) < 4.78 is 0. The Hall–Kier alpha value is -1.79. The number of halogens is 3. The largest absolute Gasteiger partial charge is 0.411 e. The van der Waals surface area contributed by atoms with Gasteiger partial charge in [-0.05, 0) is 75.1 Å². The highest BCUT2D eigenvalue weighted by Gasteiger charge is 2.25. The normalized spacial score (nSPS) is 16.1. The molecule has 0 saturated carbocycles. The standard InChI is InChI=1S/C26H33Cl2N3O2.ClH/c1-3-25(29-33)19-11-14-31(15-12-19)16-13-22(21-9-10-23(27)24(28)17-21)18-30(2)26(32)20-7-5-4-6-8-20;/h4-10,17,19,22,33H,3,11-16,18H2,1-2H3;1H/b29-25-;/t22-;/m1./s1. The Morgan fingerprint density at radius 1 is 1.15 bits per heavy atom. The van der Waals surface area contributed by atoms with Crippen LogP contribution in [-0.2, 0) is 0 Å². The van der Waals surface area contributed by atoms with Crippen LogP contribution in [0.1, 0.15) is 54.4 Å². The third-order valence-corrected chi connectivity index (χ3v) is 7.36. The predicted octanol–water partition coefficient (Wildman–Crippen LogP) is 6.61. The van der Waals surface area contributed by atoms with Crippen molar-refractivity contribution in [1.82, 2.24) is 9.80 Å². The zero-order valence-electron chi connectivity index (χ0n) is 19.8. The molecular weight excluding hydrogens is 493 g/mol. The Morgan fingerprint density at radius 3 is 2.41 bits per heavy atom. The van der Waals surface area contributed by atoms with Crippen molar-refractivity contribution < 1.29 is 10.0 Å². The first-order valence-corrected chi connectivity index (χ1v) is 12.4. The summed E-state index contributed by atoms with van der Waals surface area (Å²) in [7, 11) is 1.85. The van der Waals surface area contributed by atoms with Crippen LogP contribution in [0.5, 0.6) is 0 Å². The van der Waals surface area contributed by atoms with Crippen LogP contribution in [0.15, 0.2) is 53.7 Å². The van der Waals surface area contributed by atoms with E-state index in [-0.39, 0.29) is 24.2 Å². The monoisotopic (exact) mass is 525 g/mol. The van der Waals surface area contributed by atoms with Crippen molar-refractivity contribution in [2.45, 2.75) is 38.5 Å². The van der Waals surface area contributed by atoms with Crippen molar-refractivity contribution in [3.63, 3.8) is 0 Å². The number of amides is 1. The first-order chi connectivity index (χ1) is 15.9. The van der Waals surface area contributed by atoms with E-state index in [4.69, 9.17) is 23.2 Å². The van der Waals surface area contributed by atoms with E-state index in [1.165, 1.54) is 0 Å². The van der Waals surface area contributed by atoms with Crippen LogP contribution in [0.4, 0.5) is 0 Å². The average molecular weight is 527 g/mol. The van der Waals surface area contributed by atoms with Crippen LogP contribution < -0.4 is 0 Å². The van der Waals surface area contributed by atoms with Crippen LogP contribution in [-0.4, -0.2) is 59.9 Å². The summed E-state index contributed by atoms with van der Waals surface area (Å²) in [5.74, 6) is 0.522. The van der Waals surface area contributed by atoms with Crippen molar-refractivity contribution in [2.75, 3.05) is 33.2 Å². The summed E-state index contributed by atoms with van der Waals surface area (Å²) in [6, 6.07) is 15.1. The summed E-state index contributed by atoms with van der Waals surface area (Å²) >= 11 is 12.5. The zero-order valence-corrected chi connectivity index (χ0v) is 22.1. The maximum atomic E-state index is 12.9. The molecule has 2 aromatic carbocycles. The maximum Gasteiger partial charge on any atom is 0.253 e. The first kappa shape index (κ1) is 28.4. The van der Waals surface area contributed by atoms with Gasteiger partial charge in [0.1, 0.15) is 0 Å². The van der Waals surface area contributed by atoms with Gasteiger partial charge in [-0.25, -0.2) is 0 Å². The van der Waals surface area contributed by atoms with E-state index in [2.05, 4.69) is 10.1 Å². The van der Waals surface area contributed by atoms with E-state index in [9.17, 15) is 10.0 Å². The van der Waals surface area contributed by atoms with Gasteiger partial charge in [0, 0.05) is 31.0 Å². The Balaban J connectivity index is 0.00000408. The van der Waals surface area contributed by atoms with E-state index in [1.807, 2.05) is 62.5 Å². The van der Waals surface area contributed by atoms with Gasteiger partial charge in [-0.2, -0.15) is 0 Å². The molecule has 1 aliphatic heterocycles. The van der Waals surface area contributed by atoms with Gasteiger partial charge in [0.15, 0.2) is 0 Å². The number of hydrogen-bond acceptors (Lipinski definition) is 4. The average Bonchev–Trinajstić information content (AvgIpc) is 2.85. The van der Waals surface area contributed by atoms with Gasteiger partial charge < -0.3 is 15.0 Å². The number of benzene rings is 2. The second-order valence-electron chi connectivity index (χ2n) is 8.77. The molecule has 1 heterocycles. The van der Waals surface area contributed by atoms with Crippen molar-refractivity contribution in [1.29, 1.82) is 0 Å². The number of hydrogen-bond donors (Lipinski definition) is 1. The Bertz CT molecular complexity index is 948. The van der Waals surface area contributed by atoms with Gasteiger partial charge in [0.25, 0.3) is 5.91 Å². The van der Waals surface area contributed by atoms with Crippen LogP contribution in [0.25, 0.3) is 0 Å². The first-order valence-electron chi connectivity index (χ1n) is 11.6. The molecular formula is C26H34Cl3N3O2. The van der Waals surface area contributed by atoms with Crippen molar-refractivity contribution in [2.24, 2.45) is 11.1 Å². The molecule has 1 aliphatic rings. The molecule has 3 rings (SSSR count). The van der Waals surface area contributed by atoms with E-state index >= 15 is 0 Å². The molecule has 1 N–H and O–H groups in total. The second kappa shape index (κ2) is 13.9. The molecule has 1 amide bonds. The highest BCUT2D eigenvalue weighted by Crippen LogP contribution is 2.30. The van der Waals surface area contributed by atoms with Gasteiger partial charge in [0.2, 0.25) is 0 Å². The summed E-state index contributed by atoms with van der Waals surface area (Å²) in [4.78, 5) is 17.2. The van der Waals surface area contributed by atoms with Gasteiger partial charge in [-0.3, -0.25) is 4.79 Å². The Morgan fingerprint density at radius 2 is 1.82 bits per heavy atom. The highest BCUT2D eigenvalue weighted by atomic mass is 35.5. The van der Waals surface area contributed by atoms with Crippen LogP contribution >= 0.6 is 35.6 Å². The molecule has 0 aliphatic carbocycles. The molecule has 0 radical (unpaired) electrons. The molecule has 1 fully saturated rings. The number of rotatable bonds is 9. The summed E-state index contributed by atoms with van der Waals surface area (Å²) in [5.41, 5.74) is 2.68. The Labute approximate surface area is 219 Å². The molecule has 1 atom stereocenters. The highest BCUT2D eigenvalue weighted by molar-refractivity contribution is 6.42. The fraction of sp³-hybridized carbons (Fsp3) is 0.462. The molecule has 0 spiro atoms. The summed E-state index contributed by atoms with van der Waals surface area (Å²) in [5, 5.41) is 13.8. The SMILES string of the molecule is CC/C(=N/O)C1CCN(CC[C@H](CN(C)C(=O)c2ccccc2)c2ccc(Cl)c(Cl)c2)CC1.Cl. The minimum absolute atomic E-state index is 0. The zero-order chi connectivity index (χ0) is 23.8. The van der Waals surface area contributed by atoms with Crippen LogP contribution in [0.2, 0.25) is 10.0 Å². The number of likely N-dealkylation sites (N-methyl/N-ethyl adjacent to an activating group) is 1.